The van der Waals surface area contributed by atoms with Gasteiger partial charge in [0.25, 0.3) is 11.9 Å². The number of nitrogens with zero attached hydrogens (tertiary/aromatic N) is 1. The Morgan fingerprint density at radius 1 is 1.00 bits per heavy atom. The zero-order valence-corrected chi connectivity index (χ0v) is 9.40. The molecule has 0 fully saturated rings. The van der Waals surface area contributed by atoms with Gasteiger partial charge in [0.05, 0.1) is 7.11 Å². The Morgan fingerprint density at radius 2 is 1.56 bits per heavy atom. The molecule has 0 saturated heterocycles. The maximum absolute atomic E-state index is 13.4. The summed E-state index contributed by atoms with van der Waals surface area (Å²) in [7, 11) is 1.12. The Labute approximate surface area is 91.2 Å². The summed E-state index contributed by atoms with van der Waals surface area (Å²) in [6, 6.07) is 0. The fourth-order valence-corrected chi connectivity index (χ4v) is 1.05. The molecule has 0 aliphatic carbocycles. The van der Waals surface area contributed by atoms with Crippen molar-refractivity contribution in [2.24, 2.45) is 0 Å². The van der Waals surface area contributed by atoms with Gasteiger partial charge in [-0.3, -0.25) is 0 Å². The molecule has 0 amide bonds. The lowest BCUT2D eigenvalue weighted by Crippen LogP contribution is -2.24. The minimum absolute atomic E-state index is 0.547. The highest BCUT2D eigenvalue weighted by Gasteiger charge is 2.26. The minimum atomic E-state index is -1.56. The van der Waals surface area contributed by atoms with Crippen LogP contribution in [0.1, 0.15) is 20.8 Å². The van der Waals surface area contributed by atoms with E-state index in [-0.39, 0.29) is 0 Å². The molecule has 0 bridgehead atoms. The highest BCUT2D eigenvalue weighted by atomic mass is 19.2. The van der Waals surface area contributed by atoms with E-state index in [4.69, 9.17) is 4.74 Å². The van der Waals surface area contributed by atoms with E-state index in [1.54, 1.807) is 20.8 Å². The molecule has 0 aliphatic rings. The largest absolute Gasteiger partial charge is 0.489 e. The monoisotopic (exact) mass is 235 g/mol. The van der Waals surface area contributed by atoms with E-state index >= 15 is 0 Å². The summed E-state index contributed by atoms with van der Waals surface area (Å²) in [5.74, 6) is -5.33. The molecule has 0 atom stereocenters. The van der Waals surface area contributed by atoms with Crippen LogP contribution in [0.4, 0.5) is 13.2 Å². The van der Waals surface area contributed by atoms with Gasteiger partial charge in [-0.2, -0.15) is 18.2 Å². The van der Waals surface area contributed by atoms with Crippen LogP contribution in [-0.4, -0.2) is 17.7 Å². The molecular weight excluding hydrogens is 223 g/mol. The van der Waals surface area contributed by atoms with Gasteiger partial charge in [0.15, 0.2) is 0 Å². The fraction of sp³-hybridized carbons (Fsp3) is 0.500. The van der Waals surface area contributed by atoms with Crippen LogP contribution in [0.25, 0.3) is 0 Å². The van der Waals surface area contributed by atoms with Gasteiger partial charge in [-0.25, -0.2) is 0 Å². The van der Waals surface area contributed by atoms with Gasteiger partial charge >= 0.3 is 0 Å². The molecule has 0 aliphatic heterocycles. The number of ether oxygens (including phenoxy) is 2. The third-order valence-corrected chi connectivity index (χ3v) is 1.58. The third kappa shape index (κ3) is 2.56. The van der Waals surface area contributed by atoms with Crippen molar-refractivity contribution in [2.45, 2.75) is 26.4 Å². The summed E-state index contributed by atoms with van der Waals surface area (Å²) >= 11 is 0. The van der Waals surface area contributed by atoms with Crippen molar-refractivity contribution in [3.05, 3.63) is 17.7 Å². The van der Waals surface area contributed by atoms with Crippen LogP contribution in [0.15, 0.2) is 0 Å². The minimum Gasteiger partial charge on any atom is -0.489 e. The molecule has 0 saturated carbocycles. The van der Waals surface area contributed by atoms with Crippen LogP contribution < -0.4 is 9.47 Å². The first-order chi connectivity index (χ1) is 7.26. The Hall–Kier alpha value is -1.46. The summed E-state index contributed by atoms with van der Waals surface area (Å²) in [6.45, 7) is 4.84. The van der Waals surface area contributed by atoms with Crippen molar-refractivity contribution in [1.82, 2.24) is 4.98 Å². The fourth-order valence-electron chi connectivity index (χ4n) is 1.05. The van der Waals surface area contributed by atoms with Crippen molar-refractivity contribution >= 4 is 0 Å². The second-order valence-electron chi connectivity index (χ2n) is 4.08. The number of hydrogen-bond acceptors (Lipinski definition) is 3. The van der Waals surface area contributed by atoms with Crippen LogP contribution >= 0.6 is 0 Å². The van der Waals surface area contributed by atoms with Gasteiger partial charge < -0.3 is 9.47 Å². The van der Waals surface area contributed by atoms with Crippen LogP contribution in [0.5, 0.6) is 11.5 Å². The molecular formula is C10H12F3NO2. The molecule has 0 aromatic carbocycles. The maximum Gasteiger partial charge on any atom is 0.262 e. The lowest BCUT2D eigenvalue weighted by molar-refractivity contribution is 0.114. The summed E-state index contributed by atoms with van der Waals surface area (Å²) in [5, 5.41) is 0. The normalized spacial score (nSPS) is 11.4. The number of aromatic nitrogens is 1. The highest BCUT2D eigenvalue weighted by Crippen LogP contribution is 2.35. The highest BCUT2D eigenvalue weighted by molar-refractivity contribution is 5.40. The summed E-state index contributed by atoms with van der Waals surface area (Å²) in [6.07, 6.45) is 0. The molecule has 90 valence electrons. The Kier molecular flexibility index (Phi) is 3.30. The average Bonchev–Trinajstić information content (AvgIpc) is 2.12. The van der Waals surface area contributed by atoms with Crippen LogP contribution in [0.3, 0.4) is 0 Å². The molecule has 0 spiro atoms. The van der Waals surface area contributed by atoms with Crippen molar-refractivity contribution in [3.8, 4) is 11.5 Å². The molecule has 0 unspecified atom stereocenters. The van der Waals surface area contributed by atoms with Crippen molar-refractivity contribution < 1.29 is 22.6 Å². The van der Waals surface area contributed by atoms with Crippen molar-refractivity contribution in [2.75, 3.05) is 7.11 Å². The van der Waals surface area contributed by atoms with E-state index < -0.39 is 34.8 Å². The van der Waals surface area contributed by atoms with E-state index in [0.29, 0.717) is 0 Å². The number of methoxy groups -OCH3 is 1. The summed E-state index contributed by atoms with van der Waals surface area (Å²) in [4.78, 5) is 2.72. The van der Waals surface area contributed by atoms with Crippen LogP contribution in [0, 0.1) is 17.7 Å². The van der Waals surface area contributed by atoms with E-state index in [0.717, 1.165) is 7.11 Å². The maximum atomic E-state index is 13.4. The Bertz CT molecular complexity index is 402. The lowest BCUT2D eigenvalue weighted by Gasteiger charge is -2.22. The quantitative estimate of drug-likeness (QED) is 0.738. The smallest absolute Gasteiger partial charge is 0.262 e. The van der Waals surface area contributed by atoms with Gasteiger partial charge in [0, 0.05) is 0 Å². The van der Waals surface area contributed by atoms with Gasteiger partial charge in [-0.1, -0.05) is 0 Å². The molecule has 6 heteroatoms. The van der Waals surface area contributed by atoms with Crippen molar-refractivity contribution in [3.63, 3.8) is 0 Å². The Balaban J connectivity index is 3.33. The predicted molar refractivity (Wildman–Crippen MR) is 51.0 cm³/mol. The lowest BCUT2D eigenvalue weighted by atomic mass is 10.2. The first-order valence-corrected chi connectivity index (χ1v) is 4.53. The predicted octanol–water partition coefficient (Wildman–Crippen LogP) is 2.68. The van der Waals surface area contributed by atoms with Gasteiger partial charge in [-0.05, 0) is 20.8 Å². The van der Waals surface area contributed by atoms with E-state index in [9.17, 15) is 13.2 Å². The Morgan fingerprint density at radius 3 is 2.00 bits per heavy atom. The van der Waals surface area contributed by atoms with Gasteiger partial charge in [-0.15, -0.1) is 0 Å². The van der Waals surface area contributed by atoms with Crippen LogP contribution in [0.2, 0.25) is 0 Å². The standard InChI is InChI=1S/C10H12F3NO2/c1-10(2,3)16-6-5(11)8(12)14-9(13)7(6)15-4/h1-4H3. The summed E-state index contributed by atoms with van der Waals surface area (Å²) in [5.41, 5.74) is -0.811. The van der Waals surface area contributed by atoms with Gasteiger partial charge in [0.2, 0.25) is 17.3 Å². The first-order valence-electron chi connectivity index (χ1n) is 4.53. The van der Waals surface area contributed by atoms with Gasteiger partial charge in [0.1, 0.15) is 5.60 Å². The average molecular weight is 235 g/mol. The SMILES string of the molecule is COc1c(F)nc(F)c(F)c1OC(C)(C)C. The molecule has 0 radical (unpaired) electrons. The third-order valence-electron chi connectivity index (χ3n) is 1.58. The number of rotatable bonds is 2. The molecule has 16 heavy (non-hydrogen) atoms. The number of pyridine rings is 1. The number of hydrogen-bond donors (Lipinski definition) is 0. The first kappa shape index (κ1) is 12.6. The van der Waals surface area contributed by atoms with E-state index in [1.165, 1.54) is 0 Å². The van der Waals surface area contributed by atoms with Crippen LogP contribution in [-0.2, 0) is 0 Å². The second kappa shape index (κ2) is 4.19. The molecule has 3 nitrogen and oxygen atoms in total. The summed E-state index contributed by atoms with van der Waals surface area (Å²) < 4.78 is 49.0. The zero-order chi connectivity index (χ0) is 12.5. The molecule has 1 heterocycles. The molecule has 1 rings (SSSR count). The second-order valence-corrected chi connectivity index (χ2v) is 4.08. The van der Waals surface area contributed by atoms with E-state index in [1.807, 2.05) is 0 Å². The molecule has 1 aromatic heterocycles. The topological polar surface area (TPSA) is 31.4 Å². The number of halogens is 3. The molecule has 0 N–H and O–H groups in total. The van der Waals surface area contributed by atoms with Crippen molar-refractivity contribution in [1.29, 1.82) is 0 Å². The zero-order valence-electron chi connectivity index (χ0n) is 9.40. The molecule has 1 aromatic rings. The van der Waals surface area contributed by atoms with E-state index in [2.05, 4.69) is 9.72 Å².